The number of nitrogens with zero attached hydrogens (tertiary/aromatic N) is 3. The van der Waals surface area contributed by atoms with Crippen molar-refractivity contribution in [2.75, 3.05) is 13.1 Å². The number of hydrogen-bond donors (Lipinski definition) is 4. The number of rotatable bonds is 7. The third kappa shape index (κ3) is 5.59. The molecule has 0 aromatic carbocycles. The van der Waals surface area contributed by atoms with Crippen LogP contribution in [0.1, 0.15) is 5.69 Å². The Kier molecular flexibility index (Phi) is 5.41. The summed E-state index contributed by atoms with van der Waals surface area (Å²) in [6.07, 6.45) is 1.41. The fraction of sp³-hybridized carbons (Fsp3) is 0.444. The van der Waals surface area contributed by atoms with Gasteiger partial charge in [-0.2, -0.15) is 0 Å². The molecule has 0 fully saturated rings. The van der Waals surface area contributed by atoms with Crippen LogP contribution in [0.2, 0.25) is 0 Å². The molecule has 104 valence electrons. The third-order valence-corrected chi connectivity index (χ3v) is 1.98. The summed E-state index contributed by atoms with van der Waals surface area (Å²) in [6, 6.07) is 0. The number of aliphatic carboxylic acids is 1. The molecule has 1 aromatic rings. The zero-order valence-corrected chi connectivity index (χ0v) is 10.00. The molecular weight excluding hydrogens is 256 g/mol. The zero-order valence-electron chi connectivity index (χ0n) is 10.00. The average Bonchev–Trinajstić information content (AvgIpc) is 2.80. The number of carboxylic acids is 1. The minimum atomic E-state index is -1.04. The fourth-order valence-electron chi connectivity index (χ4n) is 1.14. The maximum Gasteiger partial charge on any atom is 0.325 e. The van der Waals surface area contributed by atoms with Crippen molar-refractivity contribution in [1.82, 2.24) is 25.6 Å². The number of carbonyl (C=O) groups excluding carboxylic acids is 2. The van der Waals surface area contributed by atoms with Gasteiger partial charge in [-0.05, 0) is 0 Å². The molecule has 5 N–H and O–H groups in total. The number of hydrogen-bond acceptors (Lipinski definition) is 6. The van der Waals surface area contributed by atoms with Gasteiger partial charge in [0.1, 0.15) is 12.2 Å². The maximum absolute atomic E-state index is 11.3. The molecule has 19 heavy (non-hydrogen) atoms. The van der Waals surface area contributed by atoms with Crippen molar-refractivity contribution in [1.29, 1.82) is 0 Å². The first-order chi connectivity index (χ1) is 9.01. The van der Waals surface area contributed by atoms with E-state index in [1.807, 2.05) is 0 Å². The standard InChI is InChI=1S/C9H14N6O4/c10-1-7(16)12-3-8(17)11-2-6-4-15(14-13-6)5-9(18)19/h4H,1-3,5,10H2,(H,11,17)(H,12,16)(H,18,19). The highest BCUT2D eigenvalue weighted by Gasteiger charge is 2.07. The Hall–Kier alpha value is -2.49. The van der Waals surface area contributed by atoms with Crippen molar-refractivity contribution >= 4 is 17.8 Å². The quantitative estimate of drug-likeness (QED) is 0.413. The molecule has 2 amide bonds. The van der Waals surface area contributed by atoms with E-state index in [1.165, 1.54) is 6.20 Å². The lowest BCUT2D eigenvalue weighted by Gasteiger charge is -2.03. The second-order valence-corrected chi connectivity index (χ2v) is 3.56. The SMILES string of the molecule is NCC(=O)NCC(=O)NCc1cn(CC(=O)O)nn1. The first kappa shape index (κ1) is 14.6. The van der Waals surface area contributed by atoms with Gasteiger partial charge in [0.05, 0.1) is 25.8 Å². The second-order valence-electron chi connectivity index (χ2n) is 3.56. The van der Waals surface area contributed by atoms with Crippen LogP contribution in [0.3, 0.4) is 0 Å². The van der Waals surface area contributed by atoms with E-state index in [0.717, 1.165) is 4.68 Å². The number of nitrogens with one attached hydrogen (secondary N) is 2. The Labute approximate surface area is 107 Å². The van der Waals surface area contributed by atoms with Crippen LogP contribution in [-0.4, -0.2) is 51.0 Å². The fourth-order valence-corrected chi connectivity index (χ4v) is 1.14. The number of carboxylic acid groups (broad SMARTS) is 1. The molecule has 0 aliphatic carbocycles. The molecule has 0 aliphatic heterocycles. The largest absolute Gasteiger partial charge is 0.480 e. The van der Waals surface area contributed by atoms with Crippen LogP contribution in [0.25, 0.3) is 0 Å². The molecule has 0 unspecified atom stereocenters. The van der Waals surface area contributed by atoms with Crippen LogP contribution < -0.4 is 16.4 Å². The van der Waals surface area contributed by atoms with Crippen molar-refractivity contribution < 1.29 is 19.5 Å². The van der Waals surface area contributed by atoms with Gasteiger partial charge in [0.25, 0.3) is 0 Å². The summed E-state index contributed by atoms with van der Waals surface area (Å²) >= 11 is 0. The second kappa shape index (κ2) is 7.06. The lowest BCUT2D eigenvalue weighted by Crippen LogP contribution is -2.39. The molecule has 0 saturated heterocycles. The van der Waals surface area contributed by atoms with E-state index in [0.29, 0.717) is 5.69 Å². The minimum Gasteiger partial charge on any atom is -0.480 e. The molecule has 10 nitrogen and oxygen atoms in total. The average molecular weight is 270 g/mol. The smallest absolute Gasteiger partial charge is 0.325 e. The summed E-state index contributed by atoms with van der Waals surface area (Å²) in [5, 5.41) is 20.6. The van der Waals surface area contributed by atoms with Crippen LogP contribution in [0, 0.1) is 0 Å². The van der Waals surface area contributed by atoms with Gasteiger partial charge in [-0.15, -0.1) is 5.10 Å². The van der Waals surface area contributed by atoms with Crippen molar-refractivity contribution in [3.8, 4) is 0 Å². The van der Waals surface area contributed by atoms with Crippen LogP contribution in [0.4, 0.5) is 0 Å². The van der Waals surface area contributed by atoms with E-state index in [-0.39, 0.29) is 26.2 Å². The summed E-state index contributed by atoms with van der Waals surface area (Å²) in [5.41, 5.74) is 5.47. The van der Waals surface area contributed by atoms with E-state index >= 15 is 0 Å². The summed E-state index contributed by atoms with van der Waals surface area (Å²) in [4.78, 5) is 32.5. The van der Waals surface area contributed by atoms with Gasteiger partial charge in [-0.25, -0.2) is 4.68 Å². The van der Waals surface area contributed by atoms with Crippen LogP contribution >= 0.6 is 0 Å². The molecule has 0 spiro atoms. The molecule has 0 bridgehead atoms. The van der Waals surface area contributed by atoms with Gasteiger partial charge in [-0.3, -0.25) is 14.4 Å². The molecular formula is C9H14N6O4. The van der Waals surface area contributed by atoms with Crippen molar-refractivity contribution in [3.63, 3.8) is 0 Å². The van der Waals surface area contributed by atoms with Crippen LogP contribution in [0.5, 0.6) is 0 Å². The van der Waals surface area contributed by atoms with Gasteiger partial charge in [-0.1, -0.05) is 5.21 Å². The number of carbonyl (C=O) groups is 3. The van der Waals surface area contributed by atoms with Gasteiger partial charge >= 0.3 is 5.97 Å². The van der Waals surface area contributed by atoms with Gasteiger partial charge in [0.15, 0.2) is 0 Å². The zero-order chi connectivity index (χ0) is 14.3. The van der Waals surface area contributed by atoms with E-state index in [4.69, 9.17) is 10.8 Å². The number of aromatic nitrogens is 3. The topological polar surface area (TPSA) is 152 Å². The normalized spacial score (nSPS) is 9.95. The van der Waals surface area contributed by atoms with E-state index in [1.54, 1.807) is 0 Å². The first-order valence-electron chi connectivity index (χ1n) is 5.35. The minimum absolute atomic E-state index is 0.0942. The van der Waals surface area contributed by atoms with Crippen LogP contribution in [-0.2, 0) is 27.5 Å². The monoisotopic (exact) mass is 270 g/mol. The van der Waals surface area contributed by atoms with E-state index in [2.05, 4.69) is 20.9 Å². The molecule has 0 saturated carbocycles. The van der Waals surface area contributed by atoms with Crippen LogP contribution in [0.15, 0.2) is 6.20 Å². The Morgan fingerprint density at radius 2 is 2.05 bits per heavy atom. The lowest BCUT2D eigenvalue weighted by atomic mass is 10.4. The molecule has 0 atom stereocenters. The highest BCUT2D eigenvalue weighted by atomic mass is 16.4. The predicted molar refractivity (Wildman–Crippen MR) is 61.6 cm³/mol. The highest BCUT2D eigenvalue weighted by Crippen LogP contribution is 1.92. The van der Waals surface area contributed by atoms with E-state index in [9.17, 15) is 14.4 Å². The lowest BCUT2D eigenvalue weighted by molar-refractivity contribution is -0.138. The molecule has 1 rings (SSSR count). The van der Waals surface area contributed by atoms with Gasteiger partial charge < -0.3 is 21.5 Å². The molecule has 0 radical (unpaired) electrons. The highest BCUT2D eigenvalue weighted by molar-refractivity contribution is 5.85. The maximum atomic E-state index is 11.3. The summed E-state index contributed by atoms with van der Waals surface area (Å²) in [6.45, 7) is -0.569. The summed E-state index contributed by atoms with van der Waals surface area (Å²) < 4.78 is 1.14. The molecule has 1 aromatic heterocycles. The van der Waals surface area contributed by atoms with Crippen molar-refractivity contribution in [2.45, 2.75) is 13.1 Å². The Balaban J connectivity index is 2.32. The van der Waals surface area contributed by atoms with Crippen molar-refractivity contribution in [3.05, 3.63) is 11.9 Å². The first-order valence-corrected chi connectivity index (χ1v) is 5.35. The predicted octanol–water partition coefficient (Wildman–Crippen LogP) is -2.95. The van der Waals surface area contributed by atoms with Gasteiger partial charge in [0, 0.05) is 0 Å². The van der Waals surface area contributed by atoms with Crippen molar-refractivity contribution in [2.24, 2.45) is 5.73 Å². The van der Waals surface area contributed by atoms with E-state index < -0.39 is 17.8 Å². The summed E-state index contributed by atoms with van der Waals surface area (Å²) in [5.74, 6) is -1.87. The molecule has 1 heterocycles. The third-order valence-electron chi connectivity index (χ3n) is 1.98. The van der Waals surface area contributed by atoms with Gasteiger partial charge in [0.2, 0.25) is 11.8 Å². The Morgan fingerprint density at radius 3 is 2.68 bits per heavy atom. The number of amides is 2. The molecule has 0 aliphatic rings. The number of nitrogens with two attached hydrogens (primary N) is 1. The Bertz CT molecular complexity index is 471. The molecule has 10 heteroatoms. The Morgan fingerprint density at radius 1 is 1.32 bits per heavy atom. The summed E-state index contributed by atoms with van der Waals surface area (Å²) in [7, 11) is 0.